The molecule has 7 rings (SSSR count). The highest BCUT2D eigenvalue weighted by Gasteiger charge is 2.67. The first-order valence-electron chi connectivity index (χ1n) is 15.0. The molecule has 12 heteroatoms. The maximum Gasteiger partial charge on any atom is 0.488 e. The van der Waals surface area contributed by atoms with E-state index < -0.39 is 53.9 Å². The molecule has 2 heterocycles. The van der Waals surface area contributed by atoms with Crippen LogP contribution in [0.4, 0.5) is 11.4 Å². The van der Waals surface area contributed by atoms with Crippen molar-refractivity contribution in [1.82, 2.24) is 0 Å². The number of para-hydroxylation sites is 1. The van der Waals surface area contributed by atoms with Crippen LogP contribution in [0.2, 0.25) is 0 Å². The number of hydrogen-bond acceptors (Lipinski definition) is 8. The van der Waals surface area contributed by atoms with Crippen LogP contribution in [0.25, 0.3) is 0 Å². The molecule has 2 saturated heterocycles. The Hall–Kier alpha value is -4.26. The Bertz CT molecular complexity index is 1850. The molecule has 6 atom stereocenters. The Balaban J connectivity index is 1.38. The third-order valence-electron chi connectivity index (χ3n) is 10.3. The zero-order valence-corrected chi connectivity index (χ0v) is 26.5. The van der Waals surface area contributed by atoms with Crippen LogP contribution in [-0.4, -0.2) is 53.0 Å². The Morgan fingerprint density at radius 2 is 1.61 bits per heavy atom. The molecule has 4 aliphatic rings. The molecule has 10 nitrogen and oxygen atoms in total. The normalized spacial score (nSPS) is 28.5. The van der Waals surface area contributed by atoms with Crippen molar-refractivity contribution < 1.29 is 39.1 Å². The minimum atomic E-state index is -1.78. The van der Waals surface area contributed by atoms with Crippen molar-refractivity contribution in [2.75, 3.05) is 16.9 Å². The van der Waals surface area contributed by atoms with Crippen molar-refractivity contribution in [3.8, 4) is 11.5 Å². The van der Waals surface area contributed by atoms with Gasteiger partial charge in [-0.2, -0.15) is 0 Å². The quantitative estimate of drug-likeness (QED) is 0.211. The lowest BCUT2D eigenvalue weighted by Gasteiger charge is -2.49. The summed E-state index contributed by atoms with van der Waals surface area (Å²) in [6, 6.07) is 18.1. The van der Waals surface area contributed by atoms with Gasteiger partial charge in [0.05, 0.1) is 46.1 Å². The number of rotatable bonds is 5. The number of benzene rings is 3. The number of aromatic hydroxyl groups is 1. The lowest BCUT2D eigenvalue weighted by atomic mass is 9.51. The van der Waals surface area contributed by atoms with Crippen molar-refractivity contribution >= 4 is 63.5 Å². The van der Waals surface area contributed by atoms with E-state index in [-0.39, 0.29) is 47.3 Å². The van der Waals surface area contributed by atoms with E-state index in [1.54, 1.807) is 61.5 Å². The van der Waals surface area contributed by atoms with E-state index >= 15 is 0 Å². The molecule has 46 heavy (non-hydrogen) atoms. The van der Waals surface area contributed by atoms with Crippen LogP contribution in [0.5, 0.6) is 11.5 Å². The van der Waals surface area contributed by atoms with E-state index in [1.165, 1.54) is 24.1 Å². The molecule has 3 fully saturated rings. The second-order valence-electron chi connectivity index (χ2n) is 12.5. The number of fused-ring (bicyclic) bond motifs is 4. The van der Waals surface area contributed by atoms with Gasteiger partial charge in [-0.3, -0.25) is 24.1 Å². The van der Waals surface area contributed by atoms with Crippen LogP contribution < -0.4 is 20.0 Å². The number of imide groups is 2. The molecule has 3 aromatic rings. The van der Waals surface area contributed by atoms with Crippen molar-refractivity contribution in [2.45, 2.75) is 25.7 Å². The fraction of sp³-hybridized carbons (Fsp3) is 0.294. The average Bonchev–Trinajstić information content (AvgIpc) is 3.42. The summed E-state index contributed by atoms with van der Waals surface area (Å²) < 4.78 is 5.81. The first kappa shape index (κ1) is 30.4. The summed E-state index contributed by atoms with van der Waals surface area (Å²) in [4.78, 5) is 59.2. The van der Waals surface area contributed by atoms with Gasteiger partial charge in [-0.25, -0.2) is 4.90 Å². The highest BCUT2D eigenvalue weighted by atomic mass is 79.9. The summed E-state index contributed by atoms with van der Waals surface area (Å²) >= 11 is 3.42. The summed E-state index contributed by atoms with van der Waals surface area (Å²) in [6.45, 7) is 1.79. The average molecular weight is 685 g/mol. The third kappa shape index (κ3) is 4.23. The molecule has 0 radical (unpaired) electrons. The largest absolute Gasteiger partial charge is 0.503 e. The molecular weight excluding hydrogens is 655 g/mol. The van der Waals surface area contributed by atoms with Gasteiger partial charge in [-0.1, -0.05) is 42.0 Å². The third-order valence-corrected chi connectivity index (χ3v) is 10.9. The molecule has 4 amide bonds. The number of methoxy groups -OCH3 is 1. The number of carbonyl (C=O) groups is 4. The Morgan fingerprint density at radius 3 is 2.30 bits per heavy atom. The minimum absolute atomic E-state index is 0.111. The van der Waals surface area contributed by atoms with Gasteiger partial charge in [0.15, 0.2) is 11.5 Å². The molecule has 0 aromatic heterocycles. The van der Waals surface area contributed by atoms with Gasteiger partial charge in [0.1, 0.15) is 0 Å². The second-order valence-corrected chi connectivity index (χ2v) is 13.4. The molecular formula is C34H30BBrN2O8. The Morgan fingerprint density at radius 1 is 0.891 bits per heavy atom. The number of halogens is 1. The van der Waals surface area contributed by atoms with E-state index in [1.807, 2.05) is 6.08 Å². The van der Waals surface area contributed by atoms with Gasteiger partial charge in [0.2, 0.25) is 23.6 Å². The SMILES string of the molecule is COc1cc(C2C3=CCC4C(=O)N(c5cccc(B(O)O)c5)C(=O)C4C3CC3C(=O)N(c4ccccc4)C(=O)C32C)cc(Br)c1O. The van der Waals surface area contributed by atoms with Gasteiger partial charge in [0.25, 0.3) is 0 Å². The van der Waals surface area contributed by atoms with Crippen LogP contribution in [0, 0.1) is 29.1 Å². The number of nitrogens with zero attached hydrogens (tertiary/aromatic N) is 2. The molecule has 2 aliphatic carbocycles. The standard InChI is InChI=1S/C34H30BBrN2O8/c1-34-24(31(41)38(33(34)43)19-8-4-3-5-9-19)16-23-21(28(34)17-13-25(36)29(39)26(14-17)46-2)11-12-22-27(23)32(42)37(30(22)40)20-10-6-7-18(15-20)35(44)45/h3-11,13-15,22-24,27-28,39,44-45H,12,16H2,1-2H3. The first-order valence-corrected chi connectivity index (χ1v) is 15.8. The molecule has 3 N–H and O–H groups in total. The van der Waals surface area contributed by atoms with Crippen LogP contribution in [0.1, 0.15) is 31.2 Å². The van der Waals surface area contributed by atoms with E-state index in [2.05, 4.69) is 15.9 Å². The van der Waals surface area contributed by atoms with Crippen LogP contribution in [0.3, 0.4) is 0 Å². The first-order chi connectivity index (χ1) is 22.0. The predicted octanol–water partition coefficient (Wildman–Crippen LogP) is 3.28. The minimum Gasteiger partial charge on any atom is -0.503 e. The summed E-state index contributed by atoms with van der Waals surface area (Å²) in [6.07, 6.45) is 2.38. The fourth-order valence-electron chi connectivity index (χ4n) is 8.21. The number of phenols is 1. The molecule has 0 spiro atoms. The van der Waals surface area contributed by atoms with Gasteiger partial charge in [-0.05, 0) is 89.0 Å². The van der Waals surface area contributed by atoms with Crippen molar-refractivity contribution in [1.29, 1.82) is 0 Å². The number of phenolic OH excluding ortho intramolecular Hbond substituents is 1. The van der Waals surface area contributed by atoms with E-state index in [0.717, 1.165) is 10.5 Å². The monoisotopic (exact) mass is 684 g/mol. The molecule has 0 bridgehead atoms. The highest BCUT2D eigenvalue weighted by molar-refractivity contribution is 9.10. The van der Waals surface area contributed by atoms with Crippen LogP contribution >= 0.6 is 15.9 Å². The fourth-order valence-corrected chi connectivity index (χ4v) is 8.67. The molecule has 234 valence electrons. The lowest BCUT2D eigenvalue weighted by molar-refractivity contribution is -0.131. The lowest BCUT2D eigenvalue weighted by Crippen LogP contribution is -2.48. The second kappa shape index (κ2) is 10.9. The number of allylic oxidation sites excluding steroid dienone is 2. The maximum atomic E-state index is 14.5. The summed E-state index contributed by atoms with van der Waals surface area (Å²) in [7, 11) is -0.353. The number of ether oxygens (including phenoxy) is 1. The van der Waals surface area contributed by atoms with Crippen molar-refractivity contribution in [2.24, 2.45) is 29.1 Å². The topological polar surface area (TPSA) is 145 Å². The number of carbonyl (C=O) groups excluding carboxylic acids is 4. The van der Waals surface area contributed by atoms with Gasteiger partial charge < -0.3 is 19.9 Å². The zero-order chi connectivity index (χ0) is 32.7. The predicted molar refractivity (Wildman–Crippen MR) is 172 cm³/mol. The molecule has 6 unspecified atom stereocenters. The maximum absolute atomic E-state index is 14.5. The summed E-state index contributed by atoms with van der Waals surface area (Å²) in [5.74, 6) is -5.00. The number of hydrogen-bond donors (Lipinski definition) is 3. The Labute approximate surface area is 273 Å². The van der Waals surface area contributed by atoms with Crippen LogP contribution in [0.15, 0.2) is 82.9 Å². The van der Waals surface area contributed by atoms with Crippen molar-refractivity contribution in [3.05, 3.63) is 88.4 Å². The molecule has 1 saturated carbocycles. The number of amides is 4. The molecule has 3 aromatic carbocycles. The molecule has 2 aliphatic heterocycles. The van der Waals surface area contributed by atoms with Gasteiger partial charge in [-0.15, -0.1) is 0 Å². The zero-order valence-electron chi connectivity index (χ0n) is 25.0. The van der Waals surface area contributed by atoms with Crippen molar-refractivity contribution in [3.63, 3.8) is 0 Å². The van der Waals surface area contributed by atoms with Crippen LogP contribution in [-0.2, 0) is 19.2 Å². The Kier molecular flexibility index (Phi) is 7.22. The summed E-state index contributed by atoms with van der Waals surface area (Å²) in [5, 5.41) is 30.1. The van der Waals surface area contributed by atoms with E-state index in [4.69, 9.17) is 4.74 Å². The van der Waals surface area contributed by atoms with E-state index in [9.17, 15) is 34.3 Å². The highest BCUT2D eigenvalue weighted by Crippen LogP contribution is 2.64. The van der Waals surface area contributed by atoms with Gasteiger partial charge >= 0.3 is 7.12 Å². The van der Waals surface area contributed by atoms with Gasteiger partial charge in [0, 0.05) is 5.92 Å². The smallest absolute Gasteiger partial charge is 0.488 e. The summed E-state index contributed by atoms with van der Waals surface area (Å²) in [5.41, 5.74) is 0.999. The van der Waals surface area contributed by atoms with E-state index in [0.29, 0.717) is 15.7 Å². The number of anilines is 2.